The number of hydrogen-bond donors (Lipinski definition) is 0. The molecule has 2 nitrogen and oxygen atoms in total. The molecule has 92 valence electrons. The molecular weight excluding hydrogens is 246 g/mol. The molecule has 0 aliphatic carbocycles. The van der Waals surface area contributed by atoms with E-state index in [9.17, 15) is 8.78 Å². The van der Waals surface area contributed by atoms with Crippen molar-refractivity contribution in [2.24, 2.45) is 0 Å². The molecule has 0 spiro atoms. The van der Waals surface area contributed by atoms with Crippen LogP contribution in [0.25, 0.3) is 16.6 Å². The zero-order valence-corrected chi connectivity index (χ0v) is 9.77. The summed E-state index contributed by atoms with van der Waals surface area (Å²) in [4.78, 5) is 0. The fourth-order valence-corrected chi connectivity index (χ4v) is 2.13. The lowest BCUT2D eigenvalue weighted by atomic mass is 10.2. The number of aromatic nitrogens is 1. The maximum absolute atomic E-state index is 13.8. The molecule has 0 fully saturated rings. The lowest BCUT2D eigenvalue weighted by Gasteiger charge is -2.08. The quantitative estimate of drug-likeness (QED) is 0.649. The Morgan fingerprint density at radius 3 is 2.42 bits per heavy atom. The van der Waals surface area contributed by atoms with E-state index in [1.165, 1.54) is 22.8 Å². The van der Waals surface area contributed by atoms with Crippen LogP contribution in [0.2, 0.25) is 0 Å². The van der Waals surface area contributed by atoms with Crippen molar-refractivity contribution in [2.75, 3.05) is 0 Å². The van der Waals surface area contributed by atoms with Gasteiger partial charge in [-0.25, -0.2) is 8.78 Å². The number of nitriles is 1. The molecule has 0 radical (unpaired) electrons. The number of fused-ring (bicyclic) bond motifs is 1. The van der Waals surface area contributed by atoms with Gasteiger partial charge >= 0.3 is 0 Å². The average Bonchev–Trinajstić information content (AvgIpc) is 2.81. The molecule has 0 N–H and O–H groups in total. The molecule has 0 aliphatic rings. The van der Waals surface area contributed by atoms with E-state index in [-0.39, 0.29) is 5.69 Å². The van der Waals surface area contributed by atoms with Gasteiger partial charge in [0, 0.05) is 11.6 Å². The zero-order chi connectivity index (χ0) is 13.4. The fraction of sp³-hybridized carbons (Fsp3) is 0. The normalized spacial score (nSPS) is 10.6. The summed E-state index contributed by atoms with van der Waals surface area (Å²) in [7, 11) is 0. The van der Waals surface area contributed by atoms with Gasteiger partial charge in [0.25, 0.3) is 0 Å². The summed E-state index contributed by atoms with van der Waals surface area (Å²) in [6.45, 7) is 0. The predicted octanol–water partition coefficient (Wildman–Crippen LogP) is 3.78. The monoisotopic (exact) mass is 254 g/mol. The zero-order valence-electron chi connectivity index (χ0n) is 9.77. The third-order valence-electron chi connectivity index (χ3n) is 3.00. The van der Waals surface area contributed by atoms with Crippen molar-refractivity contribution in [1.29, 1.82) is 5.26 Å². The van der Waals surface area contributed by atoms with Crippen LogP contribution in [0.3, 0.4) is 0 Å². The molecule has 2 aromatic carbocycles. The van der Waals surface area contributed by atoms with Crippen molar-refractivity contribution in [3.63, 3.8) is 0 Å². The predicted molar refractivity (Wildman–Crippen MR) is 67.9 cm³/mol. The third-order valence-corrected chi connectivity index (χ3v) is 3.00. The smallest absolute Gasteiger partial charge is 0.150 e. The maximum atomic E-state index is 13.8. The lowest BCUT2D eigenvalue weighted by Crippen LogP contribution is -1.99. The Hall–Kier alpha value is -2.67. The van der Waals surface area contributed by atoms with Gasteiger partial charge in [-0.2, -0.15) is 5.26 Å². The van der Waals surface area contributed by atoms with E-state index in [2.05, 4.69) is 0 Å². The SMILES string of the molecule is N#Cc1ccc2c(ccn2-c2c(F)cccc2F)c1. The Bertz CT molecular complexity index is 792. The van der Waals surface area contributed by atoms with Gasteiger partial charge in [-0.1, -0.05) is 6.07 Å². The van der Waals surface area contributed by atoms with Crippen molar-refractivity contribution in [1.82, 2.24) is 4.57 Å². The van der Waals surface area contributed by atoms with Crippen LogP contribution in [0.1, 0.15) is 5.56 Å². The minimum Gasteiger partial charge on any atom is -0.311 e. The van der Waals surface area contributed by atoms with Crippen molar-refractivity contribution in [3.05, 3.63) is 65.9 Å². The minimum atomic E-state index is -0.623. The standard InChI is InChI=1S/C15H8F2N2/c16-12-2-1-3-13(17)15(12)19-7-6-11-8-10(9-18)4-5-14(11)19/h1-8H. The van der Waals surface area contributed by atoms with E-state index >= 15 is 0 Å². The summed E-state index contributed by atoms with van der Waals surface area (Å²) in [6, 6.07) is 12.5. The van der Waals surface area contributed by atoms with E-state index in [1.807, 2.05) is 6.07 Å². The van der Waals surface area contributed by atoms with Crippen molar-refractivity contribution in [2.45, 2.75) is 0 Å². The topological polar surface area (TPSA) is 28.7 Å². The van der Waals surface area contributed by atoms with Gasteiger partial charge in [0.05, 0.1) is 17.1 Å². The van der Waals surface area contributed by atoms with Gasteiger partial charge in [0.15, 0.2) is 0 Å². The first-order valence-electron chi connectivity index (χ1n) is 5.66. The Morgan fingerprint density at radius 2 is 1.74 bits per heavy atom. The molecule has 19 heavy (non-hydrogen) atoms. The minimum absolute atomic E-state index is 0.109. The highest BCUT2D eigenvalue weighted by atomic mass is 19.1. The molecule has 3 rings (SSSR count). The van der Waals surface area contributed by atoms with Crippen molar-refractivity contribution >= 4 is 10.9 Å². The Balaban J connectivity index is 2.30. The molecule has 0 unspecified atom stereocenters. The summed E-state index contributed by atoms with van der Waals surface area (Å²) in [5.41, 5.74) is 1.06. The van der Waals surface area contributed by atoms with Crippen LogP contribution in [-0.2, 0) is 0 Å². The van der Waals surface area contributed by atoms with E-state index in [0.29, 0.717) is 11.1 Å². The Morgan fingerprint density at radius 1 is 1.00 bits per heavy atom. The van der Waals surface area contributed by atoms with Crippen LogP contribution in [0, 0.1) is 23.0 Å². The molecule has 0 amide bonds. The van der Waals surface area contributed by atoms with Gasteiger partial charge in [0.1, 0.15) is 17.3 Å². The van der Waals surface area contributed by atoms with Crippen LogP contribution in [0.15, 0.2) is 48.7 Å². The van der Waals surface area contributed by atoms with Crippen LogP contribution >= 0.6 is 0 Å². The van der Waals surface area contributed by atoms with Crippen LogP contribution in [0.5, 0.6) is 0 Å². The van der Waals surface area contributed by atoms with Gasteiger partial charge in [0.2, 0.25) is 0 Å². The molecule has 0 saturated heterocycles. The number of para-hydroxylation sites is 1. The highest BCUT2D eigenvalue weighted by molar-refractivity contribution is 5.83. The summed E-state index contributed by atoms with van der Waals surface area (Å²) in [6.07, 6.45) is 1.59. The fourth-order valence-electron chi connectivity index (χ4n) is 2.13. The van der Waals surface area contributed by atoms with Crippen molar-refractivity contribution in [3.8, 4) is 11.8 Å². The van der Waals surface area contributed by atoms with Crippen molar-refractivity contribution < 1.29 is 8.78 Å². The Labute approximate surface area is 108 Å². The van der Waals surface area contributed by atoms with E-state index in [1.54, 1.807) is 30.5 Å². The van der Waals surface area contributed by atoms with Crippen LogP contribution in [-0.4, -0.2) is 4.57 Å². The molecule has 0 atom stereocenters. The number of hydrogen-bond acceptors (Lipinski definition) is 1. The maximum Gasteiger partial charge on any atom is 0.150 e. The van der Waals surface area contributed by atoms with Gasteiger partial charge in [-0.3, -0.25) is 0 Å². The summed E-state index contributed by atoms with van der Waals surface area (Å²) in [5.74, 6) is -1.25. The van der Waals surface area contributed by atoms with Gasteiger partial charge < -0.3 is 4.57 Å². The lowest BCUT2D eigenvalue weighted by molar-refractivity contribution is 0.571. The molecule has 1 aromatic heterocycles. The van der Waals surface area contributed by atoms with Gasteiger partial charge in [-0.15, -0.1) is 0 Å². The summed E-state index contributed by atoms with van der Waals surface area (Å²) >= 11 is 0. The molecular formula is C15H8F2N2. The average molecular weight is 254 g/mol. The van der Waals surface area contributed by atoms with E-state index < -0.39 is 11.6 Å². The van der Waals surface area contributed by atoms with Gasteiger partial charge in [-0.05, 0) is 36.4 Å². The molecule has 4 heteroatoms. The number of nitrogens with zero attached hydrogens (tertiary/aromatic N) is 2. The summed E-state index contributed by atoms with van der Waals surface area (Å²) < 4.78 is 29.0. The second-order valence-corrected chi connectivity index (χ2v) is 4.14. The number of rotatable bonds is 1. The molecule has 1 heterocycles. The number of benzene rings is 2. The Kier molecular flexibility index (Phi) is 2.53. The van der Waals surface area contributed by atoms with E-state index in [4.69, 9.17) is 5.26 Å². The first-order valence-corrected chi connectivity index (χ1v) is 5.66. The summed E-state index contributed by atoms with van der Waals surface area (Å²) in [5, 5.41) is 9.60. The van der Waals surface area contributed by atoms with E-state index in [0.717, 1.165) is 5.39 Å². The second kappa shape index (κ2) is 4.21. The first kappa shape index (κ1) is 11.4. The molecule has 0 aliphatic heterocycles. The highest BCUT2D eigenvalue weighted by Gasteiger charge is 2.12. The largest absolute Gasteiger partial charge is 0.311 e. The van der Waals surface area contributed by atoms with Crippen LogP contribution in [0.4, 0.5) is 8.78 Å². The highest BCUT2D eigenvalue weighted by Crippen LogP contribution is 2.25. The first-order chi connectivity index (χ1) is 9.20. The number of halogens is 2. The van der Waals surface area contributed by atoms with Crippen LogP contribution < -0.4 is 0 Å². The second-order valence-electron chi connectivity index (χ2n) is 4.14. The molecule has 0 bridgehead atoms. The molecule has 3 aromatic rings. The third kappa shape index (κ3) is 1.76. The molecule has 0 saturated carbocycles.